The Hall–Kier alpha value is -1.79. The van der Waals surface area contributed by atoms with E-state index in [1.165, 1.54) is 0 Å². The zero-order valence-electron chi connectivity index (χ0n) is 13.3. The average molecular weight is 301 g/mol. The van der Waals surface area contributed by atoms with Crippen LogP contribution in [-0.2, 0) is 4.57 Å². The highest BCUT2D eigenvalue weighted by Gasteiger charge is 2.34. The van der Waals surface area contributed by atoms with Crippen LogP contribution in [0.4, 0.5) is 0 Å². The number of rotatable bonds is 3. The minimum atomic E-state index is -2.04. The second-order valence-corrected chi connectivity index (χ2v) is 6.22. The van der Waals surface area contributed by atoms with Gasteiger partial charge in [-0.1, -0.05) is 54.3 Å². The van der Waals surface area contributed by atoms with Crippen LogP contribution in [0.1, 0.15) is 40.9 Å². The minimum absolute atomic E-state index is 0.281. The molecule has 0 aliphatic rings. The molecule has 2 rings (SSSR count). The van der Waals surface area contributed by atoms with E-state index in [1.807, 2.05) is 52.8 Å². The first-order valence-electron chi connectivity index (χ1n) is 7.15. The molecule has 0 aromatic heterocycles. The van der Waals surface area contributed by atoms with Crippen molar-refractivity contribution in [2.24, 2.45) is 0 Å². The highest BCUT2D eigenvalue weighted by molar-refractivity contribution is 7.71. The molecule has 0 saturated carbocycles. The molecular formula is C18H22O2P+. The molecule has 0 radical (unpaired) electrons. The van der Waals surface area contributed by atoms with Gasteiger partial charge in [0, 0.05) is 0 Å². The molecule has 0 amide bonds. The summed E-state index contributed by atoms with van der Waals surface area (Å²) in [4.78, 5) is 12.4. The third kappa shape index (κ3) is 4.09. The molecular weight excluding hydrogens is 279 g/mol. The van der Waals surface area contributed by atoms with Gasteiger partial charge in [0.25, 0.3) is 0 Å². The van der Waals surface area contributed by atoms with Gasteiger partial charge in [-0.2, -0.15) is 0 Å². The molecule has 2 nitrogen and oxygen atoms in total. The van der Waals surface area contributed by atoms with Crippen molar-refractivity contribution in [1.82, 2.24) is 0 Å². The fourth-order valence-electron chi connectivity index (χ4n) is 2.30. The van der Waals surface area contributed by atoms with Crippen molar-refractivity contribution in [2.75, 3.05) is 0 Å². The Balaban J connectivity index is 0.00000106. The summed E-state index contributed by atoms with van der Waals surface area (Å²) in [6, 6.07) is 12.8. The summed E-state index contributed by atoms with van der Waals surface area (Å²) >= 11 is 0. The topological polar surface area (TPSA) is 34.1 Å². The Morgan fingerprint density at radius 3 is 1.86 bits per heavy atom. The minimum Gasteiger partial charge on any atom is -0.234 e. The molecule has 0 N–H and O–H groups in total. The van der Waals surface area contributed by atoms with E-state index in [4.69, 9.17) is 0 Å². The summed E-state index contributed by atoms with van der Waals surface area (Å²) in [7, 11) is -2.04. The molecule has 0 heterocycles. The zero-order valence-corrected chi connectivity index (χ0v) is 14.2. The zero-order chi connectivity index (χ0) is 16.0. The fraction of sp³-hybridized carbons (Fsp3) is 0.278. The van der Waals surface area contributed by atoms with E-state index in [0.717, 1.165) is 16.7 Å². The van der Waals surface area contributed by atoms with Crippen molar-refractivity contribution >= 4 is 18.6 Å². The third-order valence-electron chi connectivity index (χ3n) is 3.07. The van der Waals surface area contributed by atoms with Crippen LogP contribution in [0.3, 0.4) is 0 Å². The molecule has 2 aromatic carbocycles. The average Bonchev–Trinajstić information content (AvgIpc) is 2.48. The summed E-state index contributed by atoms with van der Waals surface area (Å²) in [5.41, 5.74) is 3.21. The van der Waals surface area contributed by atoms with Gasteiger partial charge in [-0.15, -0.1) is 0 Å². The summed E-state index contributed by atoms with van der Waals surface area (Å²) in [5, 5.41) is 0.585. The molecule has 0 bridgehead atoms. The number of aryl methyl sites for hydroxylation is 3. The normalized spacial score (nSPS) is 10.4. The van der Waals surface area contributed by atoms with Crippen molar-refractivity contribution in [3.05, 3.63) is 64.7 Å². The van der Waals surface area contributed by atoms with Gasteiger partial charge in [-0.05, 0) is 44.0 Å². The maximum absolute atomic E-state index is 12.4. The maximum Gasteiger partial charge on any atom is 0.458 e. The molecule has 0 aliphatic heterocycles. The number of hydrogen-bond acceptors (Lipinski definition) is 2. The van der Waals surface area contributed by atoms with E-state index in [-0.39, 0.29) is 5.52 Å². The van der Waals surface area contributed by atoms with E-state index >= 15 is 0 Å². The van der Waals surface area contributed by atoms with Crippen molar-refractivity contribution in [3.8, 4) is 0 Å². The Morgan fingerprint density at radius 2 is 1.38 bits per heavy atom. The van der Waals surface area contributed by atoms with Crippen molar-refractivity contribution in [2.45, 2.75) is 34.6 Å². The van der Waals surface area contributed by atoms with Gasteiger partial charge >= 0.3 is 13.3 Å². The first-order valence-corrected chi connectivity index (χ1v) is 8.41. The molecule has 1 unspecified atom stereocenters. The van der Waals surface area contributed by atoms with Gasteiger partial charge in [-0.3, -0.25) is 0 Å². The van der Waals surface area contributed by atoms with Gasteiger partial charge in [0.1, 0.15) is 0 Å². The molecule has 3 heteroatoms. The van der Waals surface area contributed by atoms with Crippen molar-refractivity contribution in [3.63, 3.8) is 0 Å². The van der Waals surface area contributed by atoms with Crippen LogP contribution in [-0.4, -0.2) is 5.52 Å². The summed E-state index contributed by atoms with van der Waals surface area (Å²) < 4.78 is 12.3. The SMILES string of the molecule is CC.Cc1cc(C)c(C(=O)[P+](=O)c2ccccc2)c(C)c1. The lowest BCUT2D eigenvalue weighted by molar-refractivity contribution is 0.107. The van der Waals surface area contributed by atoms with Gasteiger partial charge in [0.05, 0.1) is 5.56 Å². The van der Waals surface area contributed by atoms with E-state index in [9.17, 15) is 9.36 Å². The Morgan fingerprint density at radius 1 is 0.905 bits per heavy atom. The fourth-order valence-corrected chi connectivity index (χ4v) is 3.53. The van der Waals surface area contributed by atoms with Crippen LogP contribution in [0.25, 0.3) is 0 Å². The van der Waals surface area contributed by atoms with E-state index in [1.54, 1.807) is 24.3 Å². The van der Waals surface area contributed by atoms with Gasteiger partial charge < -0.3 is 0 Å². The molecule has 2 aromatic rings. The van der Waals surface area contributed by atoms with Crippen LogP contribution < -0.4 is 5.30 Å². The standard InChI is InChI=1S/C16H16O2P.C2H6/c1-11-9-12(2)15(13(3)10-11)16(17)19(18)14-7-5-4-6-8-14;1-2/h4-10H,1-3H3;1-2H3/q+1;. The van der Waals surface area contributed by atoms with E-state index in [2.05, 4.69) is 0 Å². The van der Waals surface area contributed by atoms with Crippen molar-refractivity contribution < 1.29 is 9.36 Å². The lowest BCUT2D eigenvalue weighted by Crippen LogP contribution is -2.07. The predicted molar refractivity (Wildman–Crippen MR) is 90.0 cm³/mol. The number of benzene rings is 2. The largest absolute Gasteiger partial charge is 0.458 e. The van der Waals surface area contributed by atoms with Gasteiger partial charge in [-0.25, -0.2) is 4.79 Å². The third-order valence-corrected chi connectivity index (χ3v) is 4.43. The van der Waals surface area contributed by atoms with Crippen LogP contribution in [0.15, 0.2) is 42.5 Å². The number of carbonyl (C=O) groups is 1. The second-order valence-electron chi connectivity index (χ2n) is 4.71. The van der Waals surface area contributed by atoms with Gasteiger partial charge in [0.2, 0.25) is 0 Å². The summed E-state index contributed by atoms with van der Waals surface area (Å²) in [5.74, 6) is 0. The van der Waals surface area contributed by atoms with Crippen LogP contribution >= 0.6 is 7.80 Å². The maximum atomic E-state index is 12.4. The predicted octanol–water partition coefficient (Wildman–Crippen LogP) is 4.93. The van der Waals surface area contributed by atoms with Crippen LogP contribution in [0, 0.1) is 20.8 Å². The molecule has 1 atom stereocenters. The highest BCUT2D eigenvalue weighted by atomic mass is 31.1. The molecule has 110 valence electrons. The Kier molecular flexibility index (Phi) is 6.45. The Bertz CT molecular complexity index is 623. The Labute approximate surface area is 128 Å². The lowest BCUT2D eigenvalue weighted by atomic mass is 10.0. The lowest BCUT2D eigenvalue weighted by Gasteiger charge is -2.05. The molecule has 0 spiro atoms. The van der Waals surface area contributed by atoms with E-state index in [0.29, 0.717) is 10.9 Å². The molecule has 0 saturated heterocycles. The monoisotopic (exact) mass is 301 g/mol. The second kappa shape index (κ2) is 7.85. The first kappa shape index (κ1) is 17.3. The van der Waals surface area contributed by atoms with Crippen LogP contribution in [0.2, 0.25) is 0 Å². The summed E-state index contributed by atoms with van der Waals surface area (Å²) in [6.07, 6.45) is 0. The van der Waals surface area contributed by atoms with E-state index < -0.39 is 7.80 Å². The van der Waals surface area contributed by atoms with Crippen molar-refractivity contribution in [1.29, 1.82) is 0 Å². The number of hydrogen-bond donors (Lipinski definition) is 0. The highest BCUT2D eigenvalue weighted by Crippen LogP contribution is 2.30. The number of carbonyl (C=O) groups excluding carboxylic acids is 1. The molecule has 21 heavy (non-hydrogen) atoms. The van der Waals surface area contributed by atoms with Gasteiger partial charge in [0.15, 0.2) is 5.30 Å². The quantitative estimate of drug-likeness (QED) is 0.753. The van der Waals surface area contributed by atoms with Crippen LogP contribution in [0.5, 0.6) is 0 Å². The molecule has 0 fully saturated rings. The molecule has 0 aliphatic carbocycles. The first-order chi connectivity index (χ1) is 10.0. The summed E-state index contributed by atoms with van der Waals surface area (Å²) in [6.45, 7) is 9.77. The smallest absolute Gasteiger partial charge is 0.234 e.